The van der Waals surface area contributed by atoms with Gasteiger partial charge in [-0.1, -0.05) is 11.6 Å². The van der Waals surface area contributed by atoms with Gasteiger partial charge in [-0.3, -0.25) is 0 Å². The first-order valence-electron chi connectivity index (χ1n) is 4.61. The van der Waals surface area contributed by atoms with Crippen LogP contribution in [0.2, 0.25) is 0 Å². The predicted octanol–water partition coefficient (Wildman–Crippen LogP) is 1.97. The molecule has 0 aliphatic heterocycles. The van der Waals surface area contributed by atoms with Gasteiger partial charge in [0, 0.05) is 6.61 Å². The third kappa shape index (κ3) is 1.02. The maximum absolute atomic E-state index is 9.07. The monoisotopic (exact) mass is 152 g/mol. The third-order valence-corrected chi connectivity index (χ3v) is 3.40. The molecule has 0 radical (unpaired) electrons. The fourth-order valence-electron chi connectivity index (χ4n) is 2.88. The average molecular weight is 152 g/mol. The number of allylic oxidation sites excluding steroid dienone is 2. The lowest BCUT2D eigenvalue weighted by molar-refractivity contribution is 0.196. The standard InChI is InChI=1S/C10H16O/c1-2-8-3-7-4-9(6-11)10(8)5-7/h2,7,9-11H,3-6H2,1H3. The van der Waals surface area contributed by atoms with E-state index in [4.69, 9.17) is 5.11 Å². The first kappa shape index (κ1) is 7.35. The van der Waals surface area contributed by atoms with Gasteiger partial charge in [0.05, 0.1) is 0 Å². The van der Waals surface area contributed by atoms with Crippen LogP contribution in [0.3, 0.4) is 0 Å². The van der Waals surface area contributed by atoms with Crippen molar-refractivity contribution in [3.8, 4) is 0 Å². The Bertz CT molecular complexity index is 183. The molecule has 1 nitrogen and oxygen atoms in total. The Morgan fingerprint density at radius 1 is 1.55 bits per heavy atom. The third-order valence-electron chi connectivity index (χ3n) is 3.40. The quantitative estimate of drug-likeness (QED) is 0.569. The van der Waals surface area contributed by atoms with Gasteiger partial charge >= 0.3 is 0 Å². The topological polar surface area (TPSA) is 20.2 Å². The number of hydrogen-bond donors (Lipinski definition) is 1. The summed E-state index contributed by atoms with van der Waals surface area (Å²) in [5, 5.41) is 9.07. The normalized spacial score (nSPS) is 45.6. The number of aliphatic hydroxyl groups excluding tert-OH is 1. The van der Waals surface area contributed by atoms with Crippen LogP contribution >= 0.6 is 0 Å². The minimum absolute atomic E-state index is 0.401. The lowest BCUT2D eigenvalue weighted by atomic mass is 9.85. The Labute approximate surface area is 68.1 Å². The second kappa shape index (κ2) is 2.63. The van der Waals surface area contributed by atoms with Crippen LogP contribution in [-0.2, 0) is 0 Å². The van der Waals surface area contributed by atoms with Crippen molar-refractivity contribution in [2.45, 2.75) is 26.2 Å². The Kier molecular flexibility index (Phi) is 1.76. The number of hydrogen-bond acceptors (Lipinski definition) is 1. The summed E-state index contributed by atoms with van der Waals surface area (Å²) in [5.74, 6) is 2.25. The van der Waals surface area contributed by atoms with E-state index >= 15 is 0 Å². The van der Waals surface area contributed by atoms with Crippen molar-refractivity contribution in [2.24, 2.45) is 17.8 Å². The van der Waals surface area contributed by atoms with Crippen LogP contribution in [0.4, 0.5) is 0 Å². The van der Waals surface area contributed by atoms with Crippen molar-refractivity contribution in [2.75, 3.05) is 6.61 Å². The zero-order valence-electron chi connectivity index (χ0n) is 7.09. The van der Waals surface area contributed by atoms with Gasteiger partial charge in [-0.05, 0) is 43.9 Å². The van der Waals surface area contributed by atoms with E-state index in [0.717, 1.165) is 11.8 Å². The highest BCUT2D eigenvalue weighted by Crippen LogP contribution is 2.51. The molecule has 1 N–H and O–H groups in total. The van der Waals surface area contributed by atoms with Crippen LogP contribution in [0.15, 0.2) is 11.6 Å². The second-order valence-electron chi connectivity index (χ2n) is 3.95. The molecule has 11 heavy (non-hydrogen) atoms. The Hall–Kier alpha value is -0.300. The van der Waals surface area contributed by atoms with E-state index in [-0.39, 0.29) is 0 Å². The molecular formula is C10H16O. The molecule has 2 aliphatic rings. The molecule has 0 aromatic heterocycles. The molecule has 0 aromatic carbocycles. The minimum atomic E-state index is 0.401. The number of aliphatic hydroxyl groups is 1. The summed E-state index contributed by atoms with van der Waals surface area (Å²) in [6.45, 7) is 2.53. The molecule has 0 saturated heterocycles. The molecule has 2 bridgehead atoms. The van der Waals surface area contributed by atoms with Crippen molar-refractivity contribution >= 4 is 0 Å². The summed E-state index contributed by atoms with van der Waals surface area (Å²) in [6, 6.07) is 0. The molecule has 1 heteroatoms. The Morgan fingerprint density at radius 3 is 2.91 bits per heavy atom. The summed E-state index contributed by atoms with van der Waals surface area (Å²) < 4.78 is 0. The summed E-state index contributed by atoms with van der Waals surface area (Å²) in [5.41, 5.74) is 1.61. The van der Waals surface area contributed by atoms with Crippen molar-refractivity contribution in [3.63, 3.8) is 0 Å². The maximum atomic E-state index is 9.07. The van der Waals surface area contributed by atoms with Gasteiger partial charge < -0.3 is 5.11 Å². The molecule has 2 saturated carbocycles. The van der Waals surface area contributed by atoms with Crippen LogP contribution in [0, 0.1) is 17.8 Å². The van der Waals surface area contributed by atoms with E-state index in [2.05, 4.69) is 13.0 Å². The van der Waals surface area contributed by atoms with Gasteiger partial charge in [-0.25, -0.2) is 0 Å². The largest absolute Gasteiger partial charge is 0.396 e. The van der Waals surface area contributed by atoms with Crippen molar-refractivity contribution < 1.29 is 5.11 Å². The molecular weight excluding hydrogens is 136 g/mol. The molecule has 0 aromatic rings. The van der Waals surface area contributed by atoms with Gasteiger partial charge in [-0.2, -0.15) is 0 Å². The zero-order chi connectivity index (χ0) is 7.84. The first-order chi connectivity index (χ1) is 5.35. The van der Waals surface area contributed by atoms with E-state index in [1.54, 1.807) is 5.57 Å². The van der Waals surface area contributed by atoms with Gasteiger partial charge in [0.2, 0.25) is 0 Å². The predicted molar refractivity (Wildman–Crippen MR) is 45.2 cm³/mol. The molecule has 3 atom stereocenters. The fraction of sp³-hybridized carbons (Fsp3) is 0.800. The lowest BCUT2D eigenvalue weighted by Crippen LogP contribution is -2.16. The van der Waals surface area contributed by atoms with E-state index in [1.165, 1.54) is 19.3 Å². The highest BCUT2D eigenvalue weighted by molar-refractivity contribution is 5.17. The SMILES string of the molecule is CC=C1CC2CC(CO)C1C2. The van der Waals surface area contributed by atoms with E-state index in [0.29, 0.717) is 12.5 Å². The molecule has 2 fully saturated rings. The molecule has 2 rings (SSSR count). The van der Waals surface area contributed by atoms with Gasteiger partial charge in [0.15, 0.2) is 0 Å². The minimum Gasteiger partial charge on any atom is -0.396 e. The Morgan fingerprint density at radius 2 is 2.36 bits per heavy atom. The fourth-order valence-corrected chi connectivity index (χ4v) is 2.88. The van der Waals surface area contributed by atoms with Crippen LogP contribution in [-0.4, -0.2) is 11.7 Å². The van der Waals surface area contributed by atoms with Gasteiger partial charge in [0.1, 0.15) is 0 Å². The van der Waals surface area contributed by atoms with Gasteiger partial charge in [0.25, 0.3) is 0 Å². The number of fused-ring (bicyclic) bond motifs is 2. The molecule has 3 unspecified atom stereocenters. The Balaban J connectivity index is 2.14. The molecule has 62 valence electrons. The average Bonchev–Trinajstić information content (AvgIpc) is 2.60. The van der Waals surface area contributed by atoms with E-state index < -0.39 is 0 Å². The van der Waals surface area contributed by atoms with Crippen LogP contribution < -0.4 is 0 Å². The van der Waals surface area contributed by atoms with Crippen LogP contribution in [0.1, 0.15) is 26.2 Å². The second-order valence-corrected chi connectivity index (χ2v) is 3.95. The highest BCUT2D eigenvalue weighted by atomic mass is 16.3. The summed E-state index contributed by atoms with van der Waals surface area (Å²) in [4.78, 5) is 0. The van der Waals surface area contributed by atoms with Crippen molar-refractivity contribution in [1.29, 1.82) is 0 Å². The van der Waals surface area contributed by atoms with E-state index in [9.17, 15) is 0 Å². The van der Waals surface area contributed by atoms with Crippen molar-refractivity contribution in [1.82, 2.24) is 0 Å². The summed E-state index contributed by atoms with van der Waals surface area (Å²) in [6.07, 6.45) is 6.20. The maximum Gasteiger partial charge on any atom is 0.0465 e. The van der Waals surface area contributed by atoms with E-state index in [1.807, 2.05) is 0 Å². The van der Waals surface area contributed by atoms with Crippen LogP contribution in [0.5, 0.6) is 0 Å². The zero-order valence-corrected chi connectivity index (χ0v) is 7.09. The lowest BCUT2D eigenvalue weighted by Gasteiger charge is -2.21. The van der Waals surface area contributed by atoms with Gasteiger partial charge in [-0.15, -0.1) is 0 Å². The number of rotatable bonds is 1. The van der Waals surface area contributed by atoms with Crippen LogP contribution in [0.25, 0.3) is 0 Å². The summed E-state index contributed by atoms with van der Waals surface area (Å²) in [7, 11) is 0. The molecule has 0 spiro atoms. The first-order valence-corrected chi connectivity index (χ1v) is 4.61. The van der Waals surface area contributed by atoms with Crippen molar-refractivity contribution in [3.05, 3.63) is 11.6 Å². The summed E-state index contributed by atoms with van der Waals surface area (Å²) >= 11 is 0. The molecule has 0 amide bonds. The molecule has 2 aliphatic carbocycles. The highest BCUT2D eigenvalue weighted by Gasteiger charge is 2.41. The molecule has 0 heterocycles. The smallest absolute Gasteiger partial charge is 0.0465 e.